The molecule has 0 unspecified atom stereocenters. The first-order valence-electron chi connectivity index (χ1n) is 9.66. The van der Waals surface area contributed by atoms with Gasteiger partial charge in [-0.1, -0.05) is 25.1 Å². The summed E-state index contributed by atoms with van der Waals surface area (Å²) in [6, 6.07) is 11.9. The van der Waals surface area contributed by atoms with E-state index >= 15 is 0 Å². The highest BCUT2D eigenvalue weighted by Crippen LogP contribution is 2.29. The van der Waals surface area contributed by atoms with Crippen LogP contribution in [0.5, 0.6) is 0 Å². The minimum absolute atomic E-state index is 0.0318. The van der Waals surface area contributed by atoms with Gasteiger partial charge in [-0.25, -0.2) is 14.8 Å². The van der Waals surface area contributed by atoms with Crippen molar-refractivity contribution < 1.29 is 4.79 Å². The number of aryl methyl sites for hydroxylation is 2. The predicted octanol–water partition coefficient (Wildman–Crippen LogP) is 4.04. The maximum Gasteiger partial charge on any atom is 0.321 e. The molecule has 3 heterocycles. The van der Waals surface area contributed by atoms with Crippen LogP contribution >= 0.6 is 0 Å². The number of carbonyl (C=O) groups excluding carboxylic acids is 1. The van der Waals surface area contributed by atoms with Crippen molar-refractivity contribution in [3.63, 3.8) is 0 Å². The number of nitrogens with one attached hydrogen (secondary N) is 1. The molecule has 0 aliphatic carbocycles. The van der Waals surface area contributed by atoms with E-state index in [1.807, 2.05) is 35.2 Å². The highest BCUT2D eigenvalue weighted by Gasteiger charge is 2.31. The number of likely N-dealkylation sites (tertiary alicyclic amines) is 1. The molecule has 2 aromatic heterocycles. The molecule has 1 fully saturated rings. The number of amides is 2. The SMILES string of the molecule is CCc1ccccc1NC(=O)N1CC[C@@H](c2nc3cccnc3n2CC)C1. The van der Waals surface area contributed by atoms with Crippen LogP contribution in [0.4, 0.5) is 10.5 Å². The Bertz CT molecular complexity index is 964. The van der Waals surface area contributed by atoms with Crippen molar-refractivity contribution >= 4 is 22.9 Å². The van der Waals surface area contributed by atoms with Crippen LogP contribution in [-0.2, 0) is 13.0 Å². The van der Waals surface area contributed by atoms with Crippen LogP contribution in [0.25, 0.3) is 11.2 Å². The standard InChI is InChI=1S/C21H25N5O/c1-3-15-8-5-6-9-17(15)24-21(27)25-13-11-16(14-25)19-23-18-10-7-12-22-20(18)26(19)4-2/h5-10,12,16H,3-4,11,13-14H2,1-2H3,(H,24,27)/t16-/m1/s1. The zero-order chi connectivity index (χ0) is 18.8. The van der Waals surface area contributed by atoms with Gasteiger partial charge >= 0.3 is 6.03 Å². The third kappa shape index (κ3) is 3.27. The molecule has 0 saturated carbocycles. The minimum Gasteiger partial charge on any atom is -0.324 e. The number of pyridine rings is 1. The largest absolute Gasteiger partial charge is 0.324 e. The minimum atomic E-state index is -0.0318. The smallest absolute Gasteiger partial charge is 0.321 e. The molecule has 27 heavy (non-hydrogen) atoms. The zero-order valence-corrected chi connectivity index (χ0v) is 15.9. The number of fused-ring (bicyclic) bond motifs is 1. The Kier molecular flexibility index (Phi) is 4.79. The van der Waals surface area contributed by atoms with Crippen molar-refractivity contribution in [1.82, 2.24) is 19.4 Å². The van der Waals surface area contributed by atoms with Gasteiger partial charge in [0.2, 0.25) is 0 Å². The van der Waals surface area contributed by atoms with Gasteiger partial charge in [0.25, 0.3) is 0 Å². The third-order valence-electron chi connectivity index (χ3n) is 5.33. The van der Waals surface area contributed by atoms with Crippen molar-refractivity contribution in [3.8, 4) is 0 Å². The van der Waals surface area contributed by atoms with Gasteiger partial charge < -0.3 is 14.8 Å². The Balaban J connectivity index is 1.51. The Hall–Kier alpha value is -2.89. The van der Waals surface area contributed by atoms with Crippen LogP contribution in [0.2, 0.25) is 0 Å². The van der Waals surface area contributed by atoms with E-state index in [0.29, 0.717) is 6.54 Å². The quantitative estimate of drug-likeness (QED) is 0.761. The number of aromatic nitrogens is 3. The molecule has 6 heteroatoms. The fraction of sp³-hybridized carbons (Fsp3) is 0.381. The topological polar surface area (TPSA) is 63.1 Å². The van der Waals surface area contributed by atoms with Crippen molar-refractivity contribution in [1.29, 1.82) is 0 Å². The van der Waals surface area contributed by atoms with Gasteiger partial charge in [-0.2, -0.15) is 0 Å². The second-order valence-corrected chi connectivity index (χ2v) is 6.93. The average molecular weight is 363 g/mol. The van der Waals surface area contributed by atoms with E-state index in [1.54, 1.807) is 6.20 Å². The van der Waals surface area contributed by atoms with Gasteiger partial charge in [0, 0.05) is 37.4 Å². The molecule has 4 rings (SSSR count). The van der Waals surface area contributed by atoms with E-state index in [2.05, 4.69) is 34.8 Å². The fourth-order valence-corrected chi connectivity index (χ4v) is 3.90. The van der Waals surface area contributed by atoms with Crippen molar-refractivity contribution in [2.24, 2.45) is 0 Å². The Labute approximate surface area is 159 Å². The van der Waals surface area contributed by atoms with Crippen LogP contribution in [0.15, 0.2) is 42.6 Å². The van der Waals surface area contributed by atoms with Gasteiger partial charge in [-0.05, 0) is 43.5 Å². The predicted molar refractivity (Wildman–Crippen MR) is 107 cm³/mol. The summed E-state index contributed by atoms with van der Waals surface area (Å²) in [5.74, 6) is 1.28. The highest BCUT2D eigenvalue weighted by atomic mass is 16.2. The Morgan fingerprint density at radius 2 is 2.07 bits per heavy atom. The molecule has 6 nitrogen and oxygen atoms in total. The summed E-state index contributed by atoms with van der Waals surface area (Å²) in [4.78, 5) is 23.9. The fourth-order valence-electron chi connectivity index (χ4n) is 3.90. The van der Waals surface area contributed by atoms with Crippen LogP contribution in [0.3, 0.4) is 0 Å². The van der Waals surface area contributed by atoms with Crippen molar-refractivity contribution in [2.45, 2.75) is 39.2 Å². The van der Waals surface area contributed by atoms with E-state index in [1.165, 1.54) is 0 Å². The Morgan fingerprint density at radius 1 is 1.22 bits per heavy atom. The van der Waals surface area contributed by atoms with E-state index < -0.39 is 0 Å². The van der Waals surface area contributed by atoms with Crippen LogP contribution in [0.1, 0.15) is 37.6 Å². The number of imidazole rings is 1. The molecule has 1 saturated heterocycles. The summed E-state index contributed by atoms with van der Waals surface area (Å²) in [6.07, 6.45) is 3.62. The van der Waals surface area contributed by atoms with Crippen LogP contribution in [-0.4, -0.2) is 38.6 Å². The molecule has 2 amide bonds. The molecule has 0 radical (unpaired) electrons. The molecule has 1 aromatic carbocycles. The van der Waals surface area contributed by atoms with E-state index in [0.717, 1.165) is 54.2 Å². The third-order valence-corrected chi connectivity index (χ3v) is 5.33. The molecule has 3 aromatic rings. The number of hydrogen-bond donors (Lipinski definition) is 1. The van der Waals surface area contributed by atoms with E-state index in [4.69, 9.17) is 4.98 Å². The molecule has 1 N–H and O–H groups in total. The van der Waals surface area contributed by atoms with E-state index in [-0.39, 0.29) is 11.9 Å². The zero-order valence-electron chi connectivity index (χ0n) is 15.9. The van der Waals surface area contributed by atoms with Crippen LogP contribution in [0, 0.1) is 0 Å². The molecule has 0 bridgehead atoms. The highest BCUT2D eigenvalue weighted by molar-refractivity contribution is 5.90. The lowest BCUT2D eigenvalue weighted by Gasteiger charge is -2.19. The maximum absolute atomic E-state index is 12.8. The molecule has 1 atom stereocenters. The first-order chi connectivity index (χ1) is 13.2. The van der Waals surface area contributed by atoms with Crippen molar-refractivity contribution in [3.05, 3.63) is 54.0 Å². The Morgan fingerprint density at radius 3 is 2.89 bits per heavy atom. The summed E-state index contributed by atoms with van der Waals surface area (Å²) in [5, 5.41) is 3.08. The average Bonchev–Trinajstić information content (AvgIpc) is 3.32. The first kappa shape index (κ1) is 17.5. The first-order valence-corrected chi connectivity index (χ1v) is 9.66. The molecular weight excluding hydrogens is 338 g/mol. The number of rotatable bonds is 4. The lowest BCUT2D eigenvalue weighted by molar-refractivity contribution is 0.222. The van der Waals surface area contributed by atoms with Crippen molar-refractivity contribution in [2.75, 3.05) is 18.4 Å². The second-order valence-electron chi connectivity index (χ2n) is 6.93. The molecule has 1 aliphatic rings. The second kappa shape index (κ2) is 7.39. The summed E-state index contributed by atoms with van der Waals surface area (Å²) < 4.78 is 2.17. The van der Waals surface area contributed by atoms with Gasteiger partial charge in [-0.3, -0.25) is 0 Å². The van der Waals surface area contributed by atoms with Gasteiger partial charge in [0.15, 0.2) is 5.65 Å². The molecule has 1 aliphatic heterocycles. The number of anilines is 1. The number of para-hydroxylation sites is 1. The van der Waals surface area contributed by atoms with Gasteiger partial charge in [0.05, 0.1) is 0 Å². The molecular formula is C21H25N5O. The van der Waals surface area contributed by atoms with E-state index in [9.17, 15) is 4.79 Å². The number of carbonyl (C=O) groups is 1. The summed E-state index contributed by atoms with van der Waals surface area (Å²) in [5.41, 5.74) is 3.91. The summed E-state index contributed by atoms with van der Waals surface area (Å²) in [6.45, 7) is 6.46. The molecule has 140 valence electrons. The normalized spacial score (nSPS) is 16.8. The van der Waals surface area contributed by atoms with Crippen LogP contribution < -0.4 is 5.32 Å². The summed E-state index contributed by atoms with van der Waals surface area (Å²) >= 11 is 0. The lowest BCUT2D eigenvalue weighted by atomic mass is 10.1. The molecule has 0 spiro atoms. The van der Waals surface area contributed by atoms with Gasteiger partial charge in [0.1, 0.15) is 11.3 Å². The number of benzene rings is 1. The number of hydrogen-bond acceptors (Lipinski definition) is 3. The number of urea groups is 1. The monoisotopic (exact) mass is 363 g/mol. The lowest BCUT2D eigenvalue weighted by Crippen LogP contribution is -2.33. The number of nitrogens with zero attached hydrogens (tertiary/aromatic N) is 4. The maximum atomic E-state index is 12.8. The summed E-state index contributed by atoms with van der Waals surface area (Å²) in [7, 11) is 0. The van der Waals surface area contributed by atoms with Gasteiger partial charge in [-0.15, -0.1) is 0 Å².